The van der Waals surface area contributed by atoms with E-state index >= 15 is 0 Å². The zero-order valence-electron chi connectivity index (χ0n) is 22.2. The number of nitrogens with zero attached hydrogens (tertiary/aromatic N) is 1. The molecule has 0 spiro atoms. The van der Waals surface area contributed by atoms with Crippen LogP contribution in [0.3, 0.4) is 0 Å². The van der Waals surface area contributed by atoms with E-state index < -0.39 is 61.1 Å². The van der Waals surface area contributed by atoms with E-state index in [-0.39, 0.29) is 81.3 Å². The van der Waals surface area contributed by atoms with Crippen LogP contribution < -0.4 is 77.8 Å². The predicted octanol–water partition coefficient (Wildman–Crippen LogP) is -2.41. The van der Waals surface area contributed by atoms with Crippen LogP contribution in [0.2, 0.25) is 0 Å². The Morgan fingerprint density at radius 1 is 0.857 bits per heavy atom. The van der Waals surface area contributed by atoms with Gasteiger partial charge in [-0.15, -0.1) is 0 Å². The van der Waals surface area contributed by atoms with Gasteiger partial charge in [-0.25, -0.2) is 8.78 Å². The van der Waals surface area contributed by atoms with Crippen LogP contribution >= 0.6 is 0 Å². The molecule has 0 bridgehead atoms. The number of hydrogen-bond donors (Lipinski definition) is 6. The summed E-state index contributed by atoms with van der Waals surface area (Å²) in [6.45, 7) is 3.55. The molecule has 0 aliphatic carbocycles. The summed E-state index contributed by atoms with van der Waals surface area (Å²) in [6.07, 6.45) is 1.19. The summed E-state index contributed by atoms with van der Waals surface area (Å²) < 4.78 is 27.8. The van der Waals surface area contributed by atoms with Gasteiger partial charge in [-0.2, -0.15) is 6.42 Å². The van der Waals surface area contributed by atoms with Crippen molar-refractivity contribution in [3.8, 4) is 0 Å². The van der Waals surface area contributed by atoms with Crippen molar-refractivity contribution in [2.75, 3.05) is 23.3 Å². The number of amides is 3. The zero-order chi connectivity index (χ0) is 29.4. The summed E-state index contributed by atoms with van der Waals surface area (Å²) in [7, 11) is -4.31. The third kappa shape index (κ3) is 10.1. The summed E-state index contributed by atoms with van der Waals surface area (Å²) in [6, 6.07) is 11.9. The molecule has 3 amide bonds. The Hall–Kier alpha value is -2.46. The molecule has 3 rings (SSSR count). The average molecular weight is 607 g/mol. The second-order valence-electron chi connectivity index (χ2n) is 8.67. The Morgan fingerprint density at radius 2 is 1.43 bits per heavy atom. The second kappa shape index (κ2) is 17.6. The number of carbonyl (C=O) groups is 3. The number of unbranched alkanes of at least 4 members (excludes halogenated alkanes) is 1. The smallest absolute Gasteiger partial charge is 0.423 e. The molecule has 42 heavy (non-hydrogen) atoms. The molecule has 3 aromatic carbocycles. The van der Waals surface area contributed by atoms with Crippen molar-refractivity contribution in [3.63, 3.8) is 0 Å². The van der Waals surface area contributed by atoms with Crippen LogP contribution in [0, 0.1) is 18.6 Å². The van der Waals surface area contributed by atoms with E-state index in [1.165, 1.54) is 24.3 Å². The molecular weight excluding hydrogens is 577 g/mol. The molecule has 0 heterocycles. The van der Waals surface area contributed by atoms with E-state index in [1.807, 2.05) is 0 Å². The number of anilines is 2. The first-order valence-electron chi connectivity index (χ1n) is 12.1. The molecule has 6 N–H and O–H groups in total. The van der Waals surface area contributed by atoms with Crippen molar-refractivity contribution >= 4 is 54.3 Å². The Morgan fingerprint density at radius 3 is 2.00 bits per heavy atom. The van der Waals surface area contributed by atoms with E-state index in [1.54, 1.807) is 0 Å². The van der Waals surface area contributed by atoms with Gasteiger partial charge < -0.3 is 37.7 Å². The molecule has 0 aliphatic rings. The Kier molecular flexibility index (Phi) is 15.7. The number of carbonyl (C=O) groups excluding carboxylic acids is 3. The molecule has 0 aromatic heterocycles. The number of hydrogen-bond acceptors (Lipinski definition) is 7. The largest absolute Gasteiger partial charge is 1.00 e. The molecule has 0 fully saturated rings. The van der Waals surface area contributed by atoms with Crippen molar-refractivity contribution in [1.29, 1.82) is 0 Å². The molecule has 216 valence electrons. The molecule has 0 atom stereocenters. The quantitative estimate of drug-likeness (QED) is 0.0806. The maximum absolute atomic E-state index is 14.0. The summed E-state index contributed by atoms with van der Waals surface area (Å²) in [5.74, 6) is -3.84. The van der Waals surface area contributed by atoms with Crippen LogP contribution in [0.15, 0.2) is 60.7 Å². The van der Waals surface area contributed by atoms with Crippen molar-refractivity contribution in [2.45, 2.75) is 20.3 Å². The monoisotopic (exact) mass is 607 g/mol. The molecule has 0 aliphatic heterocycles. The zero-order valence-corrected chi connectivity index (χ0v) is 25.3. The third-order valence-corrected chi connectivity index (χ3v) is 5.77. The van der Waals surface area contributed by atoms with Gasteiger partial charge in [0.1, 0.15) is 18.2 Å². The minimum absolute atomic E-state index is 0. The van der Waals surface area contributed by atoms with Crippen molar-refractivity contribution in [1.82, 2.24) is 5.32 Å². The Labute approximate surface area is 285 Å². The maximum Gasteiger partial charge on any atom is 1.00 e. The molecule has 3 aromatic rings. The fourth-order valence-electron chi connectivity index (χ4n) is 3.70. The van der Waals surface area contributed by atoms with E-state index in [4.69, 9.17) is 0 Å². The normalized spacial score (nSPS) is 10.1. The van der Waals surface area contributed by atoms with E-state index in [0.29, 0.717) is 19.4 Å². The molecule has 0 unspecified atom stereocenters. The minimum atomic E-state index is -2.18. The topological polar surface area (TPSA) is 159 Å². The summed E-state index contributed by atoms with van der Waals surface area (Å²) in [4.78, 5) is 39.9. The van der Waals surface area contributed by atoms with Crippen LogP contribution in [0.4, 0.5) is 20.2 Å². The second-order valence-corrected chi connectivity index (χ2v) is 8.67. The maximum atomic E-state index is 14.0. The van der Waals surface area contributed by atoms with Gasteiger partial charge in [-0.3, -0.25) is 19.3 Å². The van der Waals surface area contributed by atoms with Gasteiger partial charge in [0, 0.05) is 40.0 Å². The molecule has 0 radical (unpaired) electrons. The molecule has 0 saturated heterocycles. The first-order chi connectivity index (χ1) is 19.0. The first kappa shape index (κ1) is 37.6. The van der Waals surface area contributed by atoms with Gasteiger partial charge in [0.15, 0.2) is 0 Å². The summed E-state index contributed by atoms with van der Waals surface area (Å²) in [5, 5.41) is 42.7. The summed E-state index contributed by atoms with van der Waals surface area (Å²) in [5.41, 5.74) is -0.886. The third-order valence-electron chi connectivity index (χ3n) is 5.77. The van der Waals surface area contributed by atoms with Crippen LogP contribution in [0.5, 0.6) is 0 Å². The van der Waals surface area contributed by atoms with Gasteiger partial charge in [0.05, 0.1) is 0 Å². The van der Waals surface area contributed by atoms with Crippen molar-refractivity contribution in [3.05, 3.63) is 90.3 Å². The predicted molar refractivity (Wildman–Crippen MR) is 153 cm³/mol. The van der Waals surface area contributed by atoms with Gasteiger partial charge in [0.25, 0.3) is 11.8 Å². The van der Waals surface area contributed by atoms with Gasteiger partial charge in [-0.1, -0.05) is 19.9 Å². The SMILES string of the molecule is C.[CH2-]CCCNC(=O)CN(C(=O)c1ccc(F)c(B(O)O)c1)c1cccc(NC(=O)c2ccc(F)c(B(O)O)c2)c1.[K+]. The van der Waals surface area contributed by atoms with Crippen LogP contribution in [0.1, 0.15) is 41.0 Å². The minimum Gasteiger partial charge on any atom is -0.423 e. The molecule has 10 nitrogen and oxygen atoms in total. The van der Waals surface area contributed by atoms with Crippen LogP contribution in [-0.4, -0.2) is 65.1 Å². The molecule has 0 saturated carbocycles. The van der Waals surface area contributed by atoms with Gasteiger partial charge in [-0.05, 0) is 54.6 Å². The average Bonchev–Trinajstić information content (AvgIpc) is 2.91. The fraction of sp³-hybridized carbons (Fsp3) is 0.185. The number of benzene rings is 3. The van der Waals surface area contributed by atoms with Gasteiger partial charge >= 0.3 is 65.6 Å². The van der Waals surface area contributed by atoms with Gasteiger partial charge in [0.2, 0.25) is 5.91 Å². The van der Waals surface area contributed by atoms with Crippen LogP contribution in [-0.2, 0) is 4.79 Å². The first-order valence-corrected chi connectivity index (χ1v) is 12.1. The van der Waals surface area contributed by atoms with Crippen molar-refractivity contribution < 1.29 is 94.6 Å². The van der Waals surface area contributed by atoms with E-state index in [2.05, 4.69) is 17.6 Å². The number of rotatable bonds is 11. The standard InChI is InChI=1S/C26H26B2F2N3O7.CH4.K/c1-2-3-11-31-24(34)15-33(26(36)17-8-10-23(30)21(13-17)28(39)40)19-6-4-5-18(14-19)32-25(35)16-7-9-22(29)20(12-16)27(37)38;;/h4-10,12-14,37-40H,1-3,11,15H2,(H,31,34)(H,32,35);1H4;/q-1;;+1. The molecular formula is C27H30B2F2KN3O7. The number of nitrogens with one attached hydrogen (secondary N) is 2. The number of halogens is 2. The van der Waals surface area contributed by atoms with E-state index in [9.17, 15) is 43.3 Å². The van der Waals surface area contributed by atoms with E-state index in [0.717, 1.165) is 41.3 Å². The Balaban J connectivity index is 0.00000441. The Bertz CT molecular complexity index is 1400. The van der Waals surface area contributed by atoms with Crippen LogP contribution in [0.25, 0.3) is 0 Å². The fourth-order valence-corrected chi connectivity index (χ4v) is 3.70. The molecule has 15 heteroatoms. The van der Waals surface area contributed by atoms with Crippen molar-refractivity contribution in [2.24, 2.45) is 0 Å². The summed E-state index contributed by atoms with van der Waals surface area (Å²) >= 11 is 0.